The molecule has 0 saturated heterocycles. The van der Waals surface area contributed by atoms with Crippen LogP contribution in [0.25, 0.3) is 0 Å². The van der Waals surface area contributed by atoms with E-state index in [0.29, 0.717) is 0 Å². The molecule has 1 aliphatic carbocycles. The molecule has 1 saturated carbocycles. The van der Waals surface area contributed by atoms with E-state index in [0.717, 1.165) is 22.9 Å². The number of aliphatic carboxylic acids is 1. The number of carboxylic acid groups (broad SMARTS) is 1. The number of hydrogen-bond donors (Lipinski definition) is 2. The van der Waals surface area contributed by atoms with Gasteiger partial charge in [0.1, 0.15) is 6.04 Å². The Balaban J connectivity index is 2.04. The van der Waals surface area contributed by atoms with E-state index in [1.807, 2.05) is 24.3 Å². The van der Waals surface area contributed by atoms with Crippen molar-refractivity contribution in [2.75, 3.05) is 0 Å². The second-order valence-electron chi connectivity index (χ2n) is 4.47. The molecular formula is C13H14BrNO3. The summed E-state index contributed by atoms with van der Waals surface area (Å²) in [6.45, 7) is 0. The van der Waals surface area contributed by atoms with E-state index < -0.39 is 12.0 Å². The highest BCUT2D eigenvalue weighted by Gasteiger charge is 2.32. The topological polar surface area (TPSA) is 66.4 Å². The maximum Gasteiger partial charge on any atom is 0.326 e. The number of carboxylic acids is 1. The van der Waals surface area contributed by atoms with Gasteiger partial charge in [-0.3, -0.25) is 4.79 Å². The van der Waals surface area contributed by atoms with E-state index in [1.54, 1.807) is 0 Å². The largest absolute Gasteiger partial charge is 0.480 e. The molecule has 1 aromatic rings. The van der Waals surface area contributed by atoms with Crippen molar-refractivity contribution in [3.8, 4) is 0 Å². The second-order valence-corrected chi connectivity index (χ2v) is 5.32. The normalized spacial score (nSPS) is 16.1. The van der Waals surface area contributed by atoms with E-state index in [1.165, 1.54) is 0 Å². The third kappa shape index (κ3) is 3.32. The summed E-state index contributed by atoms with van der Waals surface area (Å²) >= 11 is 3.38. The number of carbonyl (C=O) groups excluding carboxylic acids is 1. The van der Waals surface area contributed by atoms with Crippen molar-refractivity contribution in [1.82, 2.24) is 5.32 Å². The molecule has 1 amide bonds. The Morgan fingerprint density at radius 2 is 2.06 bits per heavy atom. The number of rotatable bonds is 5. The van der Waals surface area contributed by atoms with E-state index in [9.17, 15) is 9.59 Å². The molecule has 2 N–H and O–H groups in total. The summed E-state index contributed by atoms with van der Waals surface area (Å²) in [6.07, 6.45) is 2.02. The summed E-state index contributed by atoms with van der Waals surface area (Å²) in [6, 6.07) is 6.56. The summed E-state index contributed by atoms with van der Waals surface area (Å²) in [5, 5.41) is 11.7. The van der Waals surface area contributed by atoms with E-state index in [4.69, 9.17) is 5.11 Å². The highest BCUT2D eigenvalue weighted by atomic mass is 79.9. The second kappa shape index (κ2) is 5.52. The Hall–Kier alpha value is -1.36. The van der Waals surface area contributed by atoms with Crippen molar-refractivity contribution in [2.45, 2.75) is 25.3 Å². The van der Waals surface area contributed by atoms with Crippen LogP contribution in [0.1, 0.15) is 18.4 Å². The molecule has 1 atom stereocenters. The Morgan fingerprint density at radius 3 is 2.61 bits per heavy atom. The molecule has 1 aliphatic rings. The molecule has 0 radical (unpaired) electrons. The number of carbonyl (C=O) groups is 2. The van der Waals surface area contributed by atoms with Crippen LogP contribution >= 0.6 is 15.9 Å². The zero-order valence-corrected chi connectivity index (χ0v) is 11.3. The third-order valence-corrected chi connectivity index (χ3v) is 3.72. The van der Waals surface area contributed by atoms with Crippen molar-refractivity contribution in [3.63, 3.8) is 0 Å². The Morgan fingerprint density at radius 1 is 1.39 bits per heavy atom. The third-order valence-electron chi connectivity index (χ3n) is 2.94. The zero-order chi connectivity index (χ0) is 13.1. The molecule has 0 aromatic heterocycles. The standard InChI is InChI=1S/C13H14BrNO3/c14-10-4-2-1-3-9(10)7-11(13(17)18)15-12(16)8-5-6-8/h1-4,8,11H,5-7H2,(H,15,16)(H,17,18)/t11-/m1/s1. The van der Waals surface area contributed by atoms with E-state index in [2.05, 4.69) is 21.2 Å². The number of hydrogen-bond acceptors (Lipinski definition) is 2. The lowest BCUT2D eigenvalue weighted by molar-refractivity contribution is -0.142. The van der Waals surface area contributed by atoms with Crippen LogP contribution in [-0.4, -0.2) is 23.0 Å². The first-order chi connectivity index (χ1) is 8.58. The number of amides is 1. The van der Waals surface area contributed by atoms with Crippen LogP contribution in [0.4, 0.5) is 0 Å². The van der Waals surface area contributed by atoms with Gasteiger partial charge in [-0.25, -0.2) is 4.79 Å². The van der Waals surface area contributed by atoms with Crippen molar-refractivity contribution in [2.24, 2.45) is 5.92 Å². The van der Waals surface area contributed by atoms with Crippen molar-refractivity contribution < 1.29 is 14.7 Å². The maximum absolute atomic E-state index is 11.6. The Labute approximate surface area is 114 Å². The number of benzene rings is 1. The minimum absolute atomic E-state index is 0.0195. The molecule has 1 fully saturated rings. The fraction of sp³-hybridized carbons (Fsp3) is 0.385. The molecule has 18 heavy (non-hydrogen) atoms. The lowest BCUT2D eigenvalue weighted by atomic mass is 10.1. The first-order valence-corrected chi connectivity index (χ1v) is 6.64. The zero-order valence-electron chi connectivity index (χ0n) is 9.73. The molecule has 1 aromatic carbocycles. The fourth-order valence-electron chi connectivity index (χ4n) is 1.72. The Kier molecular flexibility index (Phi) is 4.01. The maximum atomic E-state index is 11.6. The molecule has 4 nitrogen and oxygen atoms in total. The SMILES string of the molecule is O=C(N[C@H](Cc1ccccc1Br)C(=O)O)C1CC1. The van der Waals surface area contributed by atoms with Crippen LogP contribution in [0.2, 0.25) is 0 Å². The molecule has 0 unspecified atom stereocenters. The minimum Gasteiger partial charge on any atom is -0.480 e. The van der Waals surface area contributed by atoms with Crippen LogP contribution in [0.5, 0.6) is 0 Å². The molecule has 96 valence electrons. The van der Waals surface area contributed by atoms with Crippen LogP contribution in [0.15, 0.2) is 28.7 Å². The van der Waals surface area contributed by atoms with Crippen molar-refractivity contribution >= 4 is 27.8 Å². The van der Waals surface area contributed by atoms with E-state index in [-0.39, 0.29) is 18.2 Å². The smallest absolute Gasteiger partial charge is 0.326 e. The van der Waals surface area contributed by atoms with Gasteiger partial charge in [0.15, 0.2) is 0 Å². The van der Waals surface area contributed by atoms with Gasteiger partial charge in [-0.1, -0.05) is 34.1 Å². The summed E-state index contributed by atoms with van der Waals surface area (Å²) < 4.78 is 0.858. The summed E-state index contributed by atoms with van der Waals surface area (Å²) in [5.41, 5.74) is 0.876. The first kappa shape index (κ1) is 13.1. The number of nitrogens with one attached hydrogen (secondary N) is 1. The predicted octanol–water partition coefficient (Wildman–Crippen LogP) is 1.97. The van der Waals surface area contributed by atoms with Gasteiger partial charge in [0.25, 0.3) is 0 Å². The summed E-state index contributed by atoms with van der Waals surface area (Å²) in [7, 11) is 0. The van der Waals surface area contributed by atoms with Gasteiger partial charge in [-0.2, -0.15) is 0 Å². The van der Waals surface area contributed by atoms with Crippen LogP contribution in [0.3, 0.4) is 0 Å². The van der Waals surface area contributed by atoms with Crippen LogP contribution in [-0.2, 0) is 16.0 Å². The Bertz CT molecular complexity index is 471. The highest BCUT2D eigenvalue weighted by Crippen LogP contribution is 2.29. The van der Waals surface area contributed by atoms with Gasteiger partial charge in [-0.05, 0) is 24.5 Å². The van der Waals surface area contributed by atoms with Gasteiger partial charge in [0, 0.05) is 16.8 Å². The monoisotopic (exact) mass is 311 g/mol. The van der Waals surface area contributed by atoms with Crippen LogP contribution in [0, 0.1) is 5.92 Å². The van der Waals surface area contributed by atoms with Gasteiger partial charge < -0.3 is 10.4 Å². The molecule has 0 bridgehead atoms. The molecule has 0 heterocycles. The lowest BCUT2D eigenvalue weighted by Gasteiger charge is -2.15. The van der Waals surface area contributed by atoms with Crippen molar-refractivity contribution in [3.05, 3.63) is 34.3 Å². The van der Waals surface area contributed by atoms with Crippen LogP contribution < -0.4 is 5.32 Å². The molecule has 5 heteroatoms. The van der Waals surface area contributed by atoms with Gasteiger partial charge >= 0.3 is 5.97 Å². The molecule has 0 spiro atoms. The first-order valence-electron chi connectivity index (χ1n) is 5.84. The molecule has 0 aliphatic heterocycles. The average molecular weight is 312 g/mol. The minimum atomic E-state index is -1.00. The average Bonchev–Trinajstić information content (AvgIpc) is 3.14. The van der Waals surface area contributed by atoms with Gasteiger partial charge in [0.05, 0.1) is 0 Å². The predicted molar refractivity (Wildman–Crippen MR) is 70.1 cm³/mol. The molecule has 2 rings (SSSR count). The van der Waals surface area contributed by atoms with E-state index >= 15 is 0 Å². The molecular weight excluding hydrogens is 298 g/mol. The summed E-state index contributed by atoms with van der Waals surface area (Å²) in [4.78, 5) is 22.8. The highest BCUT2D eigenvalue weighted by molar-refractivity contribution is 9.10. The van der Waals surface area contributed by atoms with Gasteiger partial charge in [0.2, 0.25) is 5.91 Å². The quantitative estimate of drug-likeness (QED) is 0.873. The van der Waals surface area contributed by atoms with Crippen molar-refractivity contribution in [1.29, 1.82) is 0 Å². The number of halogens is 1. The fourth-order valence-corrected chi connectivity index (χ4v) is 2.17. The lowest BCUT2D eigenvalue weighted by Crippen LogP contribution is -2.43. The summed E-state index contributed by atoms with van der Waals surface area (Å²) in [5.74, 6) is -1.12. The van der Waals surface area contributed by atoms with Gasteiger partial charge in [-0.15, -0.1) is 0 Å².